The second-order valence-corrected chi connectivity index (χ2v) is 7.03. The van der Waals surface area contributed by atoms with Gasteiger partial charge in [-0.15, -0.1) is 0 Å². The molecule has 0 saturated carbocycles. The van der Waals surface area contributed by atoms with Gasteiger partial charge in [0.2, 0.25) is 0 Å². The van der Waals surface area contributed by atoms with Gasteiger partial charge in [0, 0.05) is 5.75 Å². The molecule has 0 aliphatic heterocycles. The SMILES string of the molecule is CSSCC(NC(=O)OC(C)(C)C)C(=O)OCC#N. The molecule has 1 unspecified atom stereocenters. The van der Waals surface area contributed by atoms with Gasteiger partial charge < -0.3 is 14.8 Å². The topological polar surface area (TPSA) is 88.4 Å². The van der Waals surface area contributed by atoms with Crippen LogP contribution in [0.3, 0.4) is 0 Å². The molecule has 0 bridgehead atoms. The molecule has 0 aromatic rings. The summed E-state index contributed by atoms with van der Waals surface area (Å²) in [6.07, 6.45) is 1.17. The molecule has 0 aliphatic carbocycles. The highest BCUT2D eigenvalue weighted by atomic mass is 33.1. The summed E-state index contributed by atoms with van der Waals surface area (Å²) in [6, 6.07) is 0.869. The van der Waals surface area contributed by atoms with Crippen LogP contribution in [0.15, 0.2) is 0 Å². The smallest absolute Gasteiger partial charge is 0.408 e. The van der Waals surface area contributed by atoms with Crippen LogP contribution >= 0.6 is 21.6 Å². The Balaban J connectivity index is 4.46. The lowest BCUT2D eigenvalue weighted by Gasteiger charge is -2.22. The van der Waals surface area contributed by atoms with E-state index in [-0.39, 0.29) is 6.61 Å². The number of ether oxygens (including phenoxy) is 2. The second kappa shape index (κ2) is 8.93. The van der Waals surface area contributed by atoms with Crippen molar-refractivity contribution < 1.29 is 19.1 Å². The number of hydrogen-bond donors (Lipinski definition) is 1. The summed E-state index contributed by atoms with van der Waals surface area (Å²) < 4.78 is 9.75. The number of nitrogens with zero attached hydrogens (tertiary/aromatic N) is 1. The Hall–Kier alpha value is -1.07. The summed E-state index contributed by atoms with van der Waals surface area (Å²) in [6.45, 7) is 4.85. The van der Waals surface area contributed by atoms with Crippen molar-refractivity contribution >= 4 is 33.7 Å². The van der Waals surface area contributed by atoms with Crippen molar-refractivity contribution in [3.05, 3.63) is 0 Å². The zero-order valence-corrected chi connectivity index (χ0v) is 13.0. The van der Waals surface area contributed by atoms with Crippen LogP contribution in [0, 0.1) is 11.3 Å². The lowest BCUT2D eigenvalue weighted by molar-refractivity contribution is -0.144. The number of carbonyl (C=O) groups excluding carboxylic acids is 2. The highest BCUT2D eigenvalue weighted by Gasteiger charge is 2.25. The van der Waals surface area contributed by atoms with Gasteiger partial charge in [0.15, 0.2) is 6.61 Å². The molecule has 0 rings (SSSR count). The fraction of sp³-hybridized carbons (Fsp3) is 0.727. The van der Waals surface area contributed by atoms with Crippen molar-refractivity contribution in [2.45, 2.75) is 32.4 Å². The number of hydrogen-bond acceptors (Lipinski definition) is 7. The lowest BCUT2D eigenvalue weighted by atomic mass is 10.2. The fourth-order valence-electron chi connectivity index (χ4n) is 0.959. The number of alkyl carbamates (subject to hydrolysis) is 1. The molecule has 0 aromatic heterocycles. The number of rotatable bonds is 6. The van der Waals surface area contributed by atoms with Crippen LogP contribution in [0.5, 0.6) is 0 Å². The predicted molar refractivity (Wildman–Crippen MR) is 75.7 cm³/mol. The van der Waals surface area contributed by atoms with E-state index in [1.54, 1.807) is 26.8 Å². The van der Waals surface area contributed by atoms with Gasteiger partial charge in [-0.2, -0.15) is 5.26 Å². The third-order valence-electron chi connectivity index (χ3n) is 1.61. The van der Waals surface area contributed by atoms with E-state index in [9.17, 15) is 9.59 Å². The molecule has 19 heavy (non-hydrogen) atoms. The van der Waals surface area contributed by atoms with Crippen LogP contribution < -0.4 is 5.32 Å². The van der Waals surface area contributed by atoms with E-state index in [2.05, 4.69) is 10.1 Å². The van der Waals surface area contributed by atoms with Gasteiger partial charge in [0.1, 0.15) is 17.7 Å². The number of carbonyl (C=O) groups is 2. The lowest BCUT2D eigenvalue weighted by Crippen LogP contribution is -2.45. The highest BCUT2D eigenvalue weighted by Crippen LogP contribution is 2.18. The normalized spacial score (nSPS) is 12.2. The number of nitrogens with one attached hydrogen (secondary N) is 1. The average molecular weight is 306 g/mol. The third kappa shape index (κ3) is 9.50. The maximum absolute atomic E-state index is 11.6. The van der Waals surface area contributed by atoms with Gasteiger partial charge in [-0.3, -0.25) is 0 Å². The van der Waals surface area contributed by atoms with Gasteiger partial charge in [0.05, 0.1) is 0 Å². The van der Waals surface area contributed by atoms with Crippen LogP contribution in [0.4, 0.5) is 4.79 Å². The maximum Gasteiger partial charge on any atom is 0.408 e. The summed E-state index contributed by atoms with van der Waals surface area (Å²) in [5.74, 6) is -0.307. The van der Waals surface area contributed by atoms with E-state index in [4.69, 9.17) is 10.00 Å². The number of nitriles is 1. The van der Waals surface area contributed by atoms with Gasteiger partial charge in [0.25, 0.3) is 0 Å². The fourth-order valence-corrected chi connectivity index (χ4v) is 2.27. The molecule has 0 aliphatic rings. The van der Waals surface area contributed by atoms with Crippen molar-refractivity contribution in [1.29, 1.82) is 5.26 Å². The molecular weight excluding hydrogens is 288 g/mol. The maximum atomic E-state index is 11.6. The summed E-state index contributed by atoms with van der Waals surface area (Å²) >= 11 is 0. The molecule has 0 radical (unpaired) electrons. The first-order valence-corrected chi connectivity index (χ1v) is 8.21. The van der Waals surface area contributed by atoms with E-state index >= 15 is 0 Å². The van der Waals surface area contributed by atoms with Crippen molar-refractivity contribution in [2.24, 2.45) is 0 Å². The Morgan fingerprint density at radius 2 is 2.05 bits per heavy atom. The van der Waals surface area contributed by atoms with Crippen molar-refractivity contribution in [3.63, 3.8) is 0 Å². The van der Waals surface area contributed by atoms with E-state index < -0.39 is 23.7 Å². The molecule has 1 atom stereocenters. The van der Waals surface area contributed by atoms with E-state index in [0.29, 0.717) is 5.75 Å². The van der Waals surface area contributed by atoms with Crippen molar-refractivity contribution in [1.82, 2.24) is 5.32 Å². The van der Waals surface area contributed by atoms with Crippen LogP contribution in [-0.2, 0) is 14.3 Å². The van der Waals surface area contributed by atoms with Crippen molar-refractivity contribution in [3.8, 4) is 6.07 Å². The minimum absolute atomic E-state index is 0.338. The summed E-state index contributed by atoms with van der Waals surface area (Å²) in [4.78, 5) is 23.2. The Bertz CT molecular complexity index is 350. The zero-order chi connectivity index (χ0) is 14.9. The molecule has 0 spiro atoms. The summed E-state index contributed by atoms with van der Waals surface area (Å²) in [7, 11) is 2.86. The van der Waals surface area contributed by atoms with E-state index in [1.165, 1.54) is 21.6 Å². The zero-order valence-electron chi connectivity index (χ0n) is 11.4. The standard InChI is InChI=1S/C11H18N2O4S2/c1-11(2,3)17-10(15)13-8(7-19-18-4)9(14)16-6-5-12/h8H,6-7H2,1-4H3,(H,13,15). The summed E-state index contributed by atoms with van der Waals surface area (Å²) in [5, 5.41) is 10.8. The minimum Gasteiger partial charge on any atom is -0.449 e. The Kier molecular flexibility index (Phi) is 8.43. The van der Waals surface area contributed by atoms with Crippen LogP contribution in [0.1, 0.15) is 20.8 Å². The molecule has 1 N–H and O–H groups in total. The van der Waals surface area contributed by atoms with Crippen LogP contribution in [-0.4, -0.2) is 42.3 Å². The molecular formula is C11H18N2O4S2. The van der Waals surface area contributed by atoms with Crippen molar-refractivity contribution in [2.75, 3.05) is 18.6 Å². The molecule has 108 valence electrons. The molecule has 1 amide bonds. The van der Waals surface area contributed by atoms with Crippen LogP contribution in [0.2, 0.25) is 0 Å². The quantitative estimate of drug-likeness (QED) is 0.592. The van der Waals surface area contributed by atoms with E-state index in [0.717, 1.165) is 0 Å². The Morgan fingerprint density at radius 3 is 2.53 bits per heavy atom. The average Bonchev–Trinajstić information content (AvgIpc) is 2.29. The van der Waals surface area contributed by atoms with E-state index in [1.807, 2.05) is 6.26 Å². The molecule has 0 fully saturated rings. The monoisotopic (exact) mass is 306 g/mol. The molecule has 0 saturated heterocycles. The third-order valence-corrected chi connectivity index (χ3v) is 3.43. The molecule has 0 aromatic carbocycles. The summed E-state index contributed by atoms with van der Waals surface area (Å²) in [5.41, 5.74) is -0.641. The molecule has 8 heteroatoms. The first-order chi connectivity index (χ1) is 8.80. The van der Waals surface area contributed by atoms with Crippen LogP contribution in [0.25, 0.3) is 0 Å². The largest absolute Gasteiger partial charge is 0.449 e. The number of amides is 1. The number of esters is 1. The second-order valence-electron chi connectivity index (χ2n) is 4.42. The Labute approximate surface area is 121 Å². The van der Waals surface area contributed by atoms with Gasteiger partial charge in [-0.05, 0) is 27.0 Å². The molecule has 0 heterocycles. The molecule has 6 nitrogen and oxygen atoms in total. The highest BCUT2D eigenvalue weighted by molar-refractivity contribution is 8.76. The minimum atomic E-state index is -0.833. The first-order valence-electron chi connectivity index (χ1n) is 5.49. The predicted octanol–water partition coefficient (Wildman–Crippen LogP) is 1.96. The first kappa shape index (κ1) is 17.9. The van der Waals surface area contributed by atoms with Gasteiger partial charge >= 0.3 is 12.1 Å². The van der Waals surface area contributed by atoms with Gasteiger partial charge in [-0.25, -0.2) is 9.59 Å². The van der Waals surface area contributed by atoms with Gasteiger partial charge in [-0.1, -0.05) is 21.6 Å². The Morgan fingerprint density at radius 1 is 1.42 bits per heavy atom.